The van der Waals surface area contributed by atoms with Gasteiger partial charge < -0.3 is 24.8 Å². The lowest BCUT2D eigenvalue weighted by Crippen LogP contribution is -2.51. The van der Waals surface area contributed by atoms with Crippen LogP contribution in [0.2, 0.25) is 0 Å². The highest BCUT2D eigenvalue weighted by molar-refractivity contribution is 5.85. The number of hydrogen-bond donors (Lipinski definition) is 2. The number of ether oxygens (including phenoxy) is 2. The van der Waals surface area contributed by atoms with Crippen molar-refractivity contribution in [2.24, 2.45) is 0 Å². The number of carboxylic acids is 1. The Balaban J connectivity index is 0.000000633. The molecule has 2 heterocycles. The third kappa shape index (κ3) is 10.3. The summed E-state index contributed by atoms with van der Waals surface area (Å²) in [6.45, 7) is 8.23. The van der Waals surface area contributed by atoms with Crippen molar-refractivity contribution < 1.29 is 42.1 Å². The number of nitrogens with zero attached hydrogens (tertiary/aromatic N) is 2. The van der Waals surface area contributed by atoms with E-state index in [1.165, 1.54) is 0 Å². The van der Waals surface area contributed by atoms with Gasteiger partial charge in [0, 0.05) is 32.1 Å². The maximum Gasteiger partial charge on any atom is 0.490 e. The first-order valence-corrected chi connectivity index (χ1v) is 9.84. The lowest BCUT2D eigenvalue weighted by Gasteiger charge is -2.33. The highest BCUT2D eigenvalue weighted by Crippen LogP contribution is 2.18. The third-order valence-electron chi connectivity index (χ3n) is 4.04. The van der Waals surface area contributed by atoms with E-state index in [-0.39, 0.29) is 12.0 Å². The summed E-state index contributed by atoms with van der Waals surface area (Å²) >= 11 is 0. The summed E-state index contributed by atoms with van der Waals surface area (Å²) in [6, 6.07) is 3.08. The molecular formula is C20H28F3N3O6. The second-order valence-corrected chi connectivity index (χ2v) is 8.00. The largest absolute Gasteiger partial charge is 0.490 e. The van der Waals surface area contributed by atoms with Crippen LogP contribution in [0.5, 0.6) is 5.75 Å². The van der Waals surface area contributed by atoms with Gasteiger partial charge in [-0.05, 0) is 39.8 Å². The molecule has 9 nitrogen and oxygen atoms in total. The van der Waals surface area contributed by atoms with E-state index >= 15 is 0 Å². The van der Waals surface area contributed by atoms with E-state index in [9.17, 15) is 22.8 Å². The third-order valence-corrected chi connectivity index (χ3v) is 4.04. The minimum Gasteiger partial charge on any atom is -0.489 e. The van der Waals surface area contributed by atoms with E-state index in [1.807, 2.05) is 12.1 Å². The summed E-state index contributed by atoms with van der Waals surface area (Å²) in [7, 11) is 0. The Morgan fingerprint density at radius 3 is 2.22 bits per heavy atom. The van der Waals surface area contributed by atoms with Crippen LogP contribution < -0.4 is 10.1 Å². The van der Waals surface area contributed by atoms with Crippen LogP contribution in [-0.2, 0) is 14.3 Å². The molecular weight excluding hydrogens is 435 g/mol. The van der Waals surface area contributed by atoms with Gasteiger partial charge in [0.05, 0.1) is 6.20 Å². The molecule has 0 radical (unpaired) electrons. The number of amides is 2. The molecule has 2 N–H and O–H groups in total. The number of hydrogen-bond acceptors (Lipinski definition) is 6. The maximum atomic E-state index is 12.5. The molecule has 1 aromatic heterocycles. The second kappa shape index (κ2) is 11.5. The first-order chi connectivity index (χ1) is 14.7. The van der Waals surface area contributed by atoms with Crippen LogP contribution >= 0.6 is 0 Å². The van der Waals surface area contributed by atoms with Crippen LogP contribution in [0.15, 0.2) is 24.5 Å². The van der Waals surface area contributed by atoms with Crippen LogP contribution in [0.3, 0.4) is 0 Å². The van der Waals surface area contributed by atoms with Gasteiger partial charge >= 0.3 is 18.2 Å². The fraction of sp³-hybridized carbons (Fsp3) is 0.600. The first kappa shape index (κ1) is 27.0. The molecule has 1 aliphatic rings. The van der Waals surface area contributed by atoms with Crippen molar-refractivity contribution in [1.82, 2.24) is 15.2 Å². The van der Waals surface area contributed by atoms with Crippen molar-refractivity contribution in [2.45, 2.75) is 64.5 Å². The molecule has 0 spiro atoms. The highest BCUT2D eigenvalue weighted by Gasteiger charge is 2.38. The number of nitrogens with one attached hydrogen (secondary N) is 1. The zero-order valence-electron chi connectivity index (χ0n) is 18.3. The summed E-state index contributed by atoms with van der Waals surface area (Å²) in [4.78, 5) is 38.9. The molecule has 32 heavy (non-hydrogen) atoms. The van der Waals surface area contributed by atoms with Crippen molar-refractivity contribution in [3.63, 3.8) is 0 Å². The quantitative estimate of drug-likeness (QED) is 0.705. The number of carbonyl (C=O) groups excluding carboxylic acids is 2. The standard InChI is InChI=1S/C18H27N3O4.C2HF3O2/c1-13(20-17(23)25-18(2,3)4)16(22)21-10-7-14(8-11-21)24-15-6-5-9-19-12-15;3-2(4,5)1(6)7/h5-6,9,12-14H,7-8,10-11H2,1-4H3,(H,20,23);(H,6,7)/t13-;/m0./s1. The zero-order valence-corrected chi connectivity index (χ0v) is 18.3. The van der Waals surface area contributed by atoms with Gasteiger partial charge in [0.25, 0.3) is 0 Å². The van der Waals surface area contributed by atoms with Crippen molar-refractivity contribution in [1.29, 1.82) is 0 Å². The van der Waals surface area contributed by atoms with E-state index in [1.54, 1.807) is 45.0 Å². The number of halogens is 3. The minimum atomic E-state index is -5.08. The summed E-state index contributed by atoms with van der Waals surface area (Å²) < 4.78 is 42.8. The van der Waals surface area contributed by atoms with Gasteiger partial charge in [-0.15, -0.1) is 0 Å². The smallest absolute Gasteiger partial charge is 0.489 e. The molecule has 1 fully saturated rings. The SMILES string of the molecule is C[C@H](NC(=O)OC(C)(C)C)C(=O)N1CCC(Oc2cccnc2)CC1.O=C(O)C(F)(F)F. The predicted octanol–water partition coefficient (Wildman–Crippen LogP) is 3.00. The van der Waals surface area contributed by atoms with Crippen LogP contribution in [0.1, 0.15) is 40.5 Å². The van der Waals surface area contributed by atoms with E-state index in [4.69, 9.17) is 19.4 Å². The van der Waals surface area contributed by atoms with Crippen molar-refractivity contribution >= 4 is 18.0 Å². The van der Waals surface area contributed by atoms with Gasteiger partial charge in [0.15, 0.2) is 0 Å². The number of aromatic nitrogens is 1. The summed E-state index contributed by atoms with van der Waals surface area (Å²) in [6.07, 6.45) is -0.706. The van der Waals surface area contributed by atoms with Crippen LogP contribution in [0.25, 0.3) is 0 Å². The summed E-state index contributed by atoms with van der Waals surface area (Å²) in [5.74, 6) is -2.12. The normalized spacial score (nSPS) is 15.7. The molecule has 0 saturated carbocycles. The molecule has 1 saturated heterocycles. The van der Waals surface area contributed by atoms with Gasteiger partial charge in [0.2, 0.25) is 5.91 Å². The van der Waals surface area contributed by atoms with E-state index < -0.39 is 29.9 Å². The Morgan fingerprint density at radius 2 is 1.78 bits per heavy atom. The molecule has 0 bridgehead atoms. The highest BCUT2D eigenvalue weighted by atomic mass is 19.4. The van der Waals surface area contributed by atoms with Gasteiger partial charge in [0.1, 0.15) is 23.5 Å². The van der Waals surface area contributed by atoms with Gasteiger partial charge in [-0.2, -0.15) is 13.2 Å². The number of piperidine rings is 1. The van der Waals surface area contributed by atoms with Crippen LogP contribution in [-0.4, -0.2) is 70.0 Å². The Labute approximate surface area is 183 Å². The summed E-state index contributed by atoms with van der Waals surface area (Å²) in [5, 5.41) is 9.72. The number of likely N-dealkylation sites (tertiary alicyclic amines) is 1. The number of aliphatic carboxylic acids is 1. The zero-order chi connectivity index (χ0) is 24.5. The number of pyridine rings is 1. The Hall–Kier alpha value is -3.05. The molecule has 1 aliphatic heterocycles. The van der Waals surface area contributed by atoms with Crippen molar-refractivity contribution in [2.75, 3.05) is 13.1 Å². The minimum absolute atomic E-state index is 0.0716. The predicted molar refractivity (Wildman–Crippen MR) is 107 cm³/mol. The van der Waals surface area contributed by atoms with Gasteiger partial charge in [-0.1, -0.05) is 0 Å². The van der Waals surface area contributed by atoms with E-state index in [0.29, 0.717) is 13.1 Å². The summed E-state index contributed by atoms with van der Waals surface area (Å²) in [5.41, 5.74) is -0.588. The van der Waals surface area contributed by atoms with Crippen molar-refractivity contribution in [3.8, 4) is 5.75 Å². The number of rotatable bonds is 4. The van der Waals surface area contributed by atoms with E-state index in [0.717, 1.165) is 18.6 Å². The molecule has 180 valence electrons. The van der Waals surface area contributed by atoms with Gasteiger partial charge in [-0.25, -0.2) is 9.59 Å². The molecule has 2 amide bonds. The lowest BCUT2D eigenvalue weighted by atomic mass is 10.1. The van der Waals surface area contributed by atoms with Crippen LogP contribution in [0.4, 0.5) is 18.0 Å². The Morgan fingerprint density at radius 1 is 1.22 bits per heavy atom. The topological polar surface area (TPSA) is 118 Å². The Bertz CT molecular complexity index is 760. The molecule has 1 atom stereocenters. The number of carbonyl (C=O) groups is 3. The lowest BCUT2D eigenvalue weighted by molar-refractivity contribution is -0.192. The van der Waals surface area contributed by atoms with Crippen molar-refractivity contribution in [3.05, 3.63) is 24.5 Å². The number of alkyl halides is 3. The van der Waals surface area contributed by atoms with Crippen LogP contribution in [0, 0.1) is 0 Å². The number of carboxylic acid groups (broad SMARTS) is 1. The number of alkyl carbamates (subject to hydrolysis) is 1. The molecule has 0 aliphatic carbocycles. The average Bonchev–Trinajstić information content (AvgIpc) is 2.67. The fourth-order valence-corrected chi connectivity index (χ4v) is 2.62. The molecule has 0 unspecified atom stereocenters. The maximum absolute atomic E-state index is 12.5. The molecule has 1 aromatic rings. The average molecular weight is 463 g/mol. The van der Waals surface area contributed by atoms with E-state index in [2.05, 4.69) is 10.3 Å². The Kier molecular flexibility index (Phi) is 9.73. The molecule has 0 aromatic carbocycles. The molecule has 12 heteroatoms. The van der Waals surface area contributed by atoms with Gasteiger partial charge in [-0.3, -0.25) is 9.78 Å². The molecule has 2 rings (SSSR count). The second-order valence-electron chi connectivity index (χ2n) is 8.00. The first-order valence-electron chi connectivity index (χ1n) is 9.84. The fourth-order valence-electron chi connectivity index (χ4n) is 2.62. The monoisotopic (exact) mass is 463 g/mol.